The largest absolute Gasteiger partial charge is 0.462 e. The number of hydrogen-bond donors (Lipinski definition) is 0. The third kappa shape index (κ3) is 4.75. The van der Waals surface area contributed by atoms with Crippen molar-refractivity contribution in [3.8, 4) is 12.1 Å². The standard InChI is InChI=1S/C24H31N7O3/c1-4-21(32)30-14-19-20(15-30)26-24(34-16-18-7-6-10-28(18)3)27-23(19)29-11-12-31(22(33)5-2)17(13-29)8-9-25/h4-5,17-18H,1-2,6-8,10-16H2,3H3/t17-,18-/m0/s1. The van der Waals surface area contributed by atoms with Gasteiger partial charge in [-0.05, 0) is 38.6 Å². The molecule has 2 atom stereocenters. The highest BCUT2D eigenvalue weighted by Crippen LogP contribution is 2.33. The average Bonchev–Trinajstić information content (AvgIpc) is 3.47. The van der Waals surface area contributed by atoms with E-state index in [1.165, 1.54) is 12.2 Å². The number of fused-ring (bicyclic) bond motifs is 1. The first kappa shape index (κ1) is 23.7. The molecule has 2 saturated heterocycles. The highest BCUT2D eigenvalue weighted by Gasteiger charge is 2.35. The van der Waals surface area contributed by atoms with E-state index in [2.05, 4.69) is 41.1 Å². The summed E-state index contributed by atoms with van der Waals surface area (Å²) in [6, 6.07) is 2.53. The zero-order valence-corrected chi connectivity index (χ0v) is 19.6. The van der Waals surface area contributed by atoms with E-state index >= 15 is 0 Å². The molecule has 180 valence electrons. The molecule has 4 heterocycles. The van der Waals surface area contributed by atoms with Crippen molar-refractivity contribution in [3.63, 3.8) is 0 Å². The van der Waals surface area contributed by atoms with Crippen molar-refractivity contribution in [2.75, 3.05) is 44.7 Å². The normalized spacial score (nSPS) is 22.3. The number of amides is 2. The van der Waals surface area contributed by atoms with Gasteiger partial charge in [-0.3, -0.25) is 9.59 Å². The molecule has 0 saturated carbocycles. The molecule has 0 bridgehead atoms. The first-order valence-electron chi connectivity index (χ1n) is 11.6. The molecule has 3 aliphatic rings. The van der Waals surface area contributed by atoms with Crippen LogP contribution in [0.15, 0.2) is 25.3 Å². The van der Waals surface area contributed by atoms with Gasteiger partial charge in [0.25, 0.3) is 0 Å². The van der Waals surface area contributed by atoms with Crippen LogP contribution < -0.4 is 9.64 Å². The molecule has 34 heavy (non-hydrogen) atoms. The molecule has 10 nitrogen and oxygen atoms in total. The second kappa shape index (κ2) is 10.2. The van der Waals surface area contributed by atoms with E-state index in [0.29, 0.717) is 57.2 Å². The monoisotopic (exact) mass is 465 g/mol. The van der Waals surface area contributed by atoms with Gasteiger partial charge in [0.15, 0.2) is 0 Å². The average molecular weight is 466 g/mol. The smallest absolute Gasteiger partial charge is 0.318 e. The van der Waals surface area contributed by atoms with Crippen LogP contribution in [0.5, 0.6) is 6.01 Å². The first-order valence-corrected chi connectivity index (χ1v) is 11.6. The van der Waals surface area contributed by atoms with Crippen LogP contribution in [-0.2, 0) is 22.7 Å². The van der Waals surface area contributed by atoms with Crippen LogP contribution in [0.25, 0.3) is 0 Å². The van der Waals surface area contributed by atoms with Gasteiger partial charge in [0.1, 0.15) is 12.4 Å². The Balaban J connectivity index is 1.61. The highest BCUT2D eigenvalue weighted by molar-refractivity contribution is 5.88. The van der Waals surface area contributed by atoms with E-state index < -0.39 is 0 Å². The van der Waals surface area contributed by atoms with E-state index in [1.807, 2.05) is 0 Å². The van der Waals surface area contributed by atoms with Crippen LogP contribution in [0.2, 0.25) is 0 Å². The number of likely N-dealkylation sites (N-methyl/N-ethyl adjacent to an activating group) is 1. The van der Waals surface area contributed by atoms with Crippen LogP contribution in [0, 0.1) is 11.3 Å². The number of rotatable bonds is 7. The zero-order valence-electron chi connectivity index (χ0n) is 19.6. The predicted octanol–water partition coefficient (Wildman–Crippen LogP) is 1.09. The van der Waals surface area contributed by atoms with Gasteiger partial charge in [0.2, 0.25) is 11.8 Å². The van der Waals surface area contributed by atoms with Gasteiger partial charge >= 0.3 is 6.01 Å². The summed E-state index contributed by atoms with van der Waals surface area (Å²) in [5.74, 6) is 0.357. The lowest BCUT2D eigenvalue weighted by atomic mass is 10.1. The van der Waals surface area contributed by atoms with Gasteiger partial charge in [0.05, 0.1) is 37.3 Å². The van der Waals surface area contributed by atoms with Crippen LogP contribution in [0.3, 0.4) is 0 Å². The fraction of sp³-hybridized carbons (Fsp3) is 0.542. The summed E-state index contributed by atoms with van der Waals surface area (Å²) in [5.41, 5.74) is 1.64. The molecule has 3 aliphatic heterocycles. The molecule has 1 aromatic heterocycles. The third-order valence-electron chi connectivity index (χ3n) is 6.87. The van der Waals surface area contributed by atoms with E-state index in [9.17, 15) is 14.9 Å². The zero-order chi connectivity index (χ0) is 24.2. The summed E-state index contributed by atoms with van der Waals surface area (Å²) in [4.78, 5) is 41.7. The molecule has 4 rings (SSSR count). The molecule has 0 N–H and O–H groups in total. The van der Waals surface area contributed by atoms with E-state index in [1.54, 1.807) is 9.80 Å². The maximum absolute atomic E-state index is 12.3. The Bertz CT molecular complexity index is 1020. The topological polar surface area (TPSA) is 106 Å². The van der Waals surface area contributed by atoms with E-state index in [0.717, 1.165) is 30.6 Å². The van der Waals surface area contributed by atoms with E-state index in [4.69, 9.17) is 9.72 Å². The van der Waals surface area contributed by atoms with Gasteiger partial charge in [-0.25, -0.2) is 0 Å². The van der Waals surface area contributed by atoms with Crippen molar-refractivity contribution in [1.82, 2.24) is 24.7 Å². The Kier molecular flexibility index (Phi) is 7.12. The Morgan fingerprint density at radius 2 is 1.94 bits per heavy atom. The van der Waals surface area contributed by atoms with Crippen LogP contribution in [0.4, 0.5) is 5.82 Å². The number of carbonyl (C=O) groups excluding carboxylic acids is 2. The van der Waals surface area contributed by atoms with Crippen molar-refractivity contribution in [1.29, 1.82) is 5.26 Å². The van der Waals surface area contributed by atoms with E-state index in [-0.39, 0.29) is 24.3 Å². The van der Waals surface area contributed by atoms with Crippen LogP contribution in [0.1, 0.15) is 30.5 Å². The summed E-state index contributed by atoms with van der Waals surface area (Å²) < 4.78 is 6.05. The minimum Gasteiger partial charge on any atom is -0.462 e. The Hall–Kier alpha value is -3.45. The van der Waals surface area contributed by atoms with Gasteiger partial charge < -0.3 is 24.3 Å². The molecular weight excluding hydrogens is 434 g/mol. The van der Waals surface area contributed by atoms with Crippen LogP contribution >= 0.6 is 0 Å². The molecule has 1 aromatic rings. The molecule has 0 unspecified atom stereocenters. The molecule has 0 aliphatic carbocycles. The number of piperazine rings is 1. The molecule has 0 spiro atoms. The molecular formula is C24H31N7O3. The van der Waals surface area contributed by atoms with Crippen molar-refractivity contribution in [3.05, 3.63) is 36.6 Å². The number of hydrogen-bond acceptors (Lipinski definition) is 8. The quantitative estimate of drug-likeness (QED) is 0.551. The second-order valence-corrected chi connectivity index (χ2v) is 8.94. The number of anilines is 1. The fourth-order valence-corrected chi connectivity index (χ4v) is 4.92. The maximum atomic E-state index is 12.3. The van der Waals surface area contributed by atoms with Gasteiger partial charge in [-0.2, -0.15) is 15.2 Å². The number of aromatic nitrogens is 2. The molecule has 0 aromatic carbocycles. The molecule has 2 fully saturated rings. The van der Waals surface area contributed by atoms with Gasteiger partial charge in [-0.1, -0.05) is 13.2 Å². The number of nitrogens with zero attached hydrogens (tertiary/aromatic N) is 7. The number of likely N-dealkylation sites (tertiary alicyclic amines) is 1. The van der Waals surface area contributed by atoms with Crippen LogP contribution in [-0.4, -0.2) is 88.4 Å². The lowest BCUT2D eigenvalue weighted by Crippen LogP contribution is -2.55. The van der Waals surface area contributed by atoms with Gasteiger partial charge in [0, 0.05) is 31.2 Å². The Morgan fingerprint density at radius 3 is 2.62 bits per heavy atom. The first-order chi connectivity index (χ1) is 16.4. The number of nitriles is 1. The van der Waals surface area contributed by atoms with Crippen molar-refractivity contribution in [2.45, 2.75) is 44.4 Å². The molecule has 10 heteroatoms. The maximum Gasteiger partial charge on any atom is 0.318 e. The van der Waals surface area contributed by atoms with Crippen molar-refractivity contribution >= 4 is 17.6 Å². The Labute approximate surface area is 200 Å². The van der Waals surface area contributed by atoms with Gasteiger partial charge in [-0.15, -0.1) is 0 Å². The molecule has 0 radical (unpaired) electrons. The SMILES string of the molecule is C=CC(=O)N1Cc2nc(OC[C@@H]3CCCN3C)nc(N3CCN(C(=O)C=C)[C@@H](CC#N)C3)c2C1. The number of carbonyl (C=O) groups is 2. The Morgan fingerprint density at radius 1 is 1.15 bits per heavy atom. The third-order valence-corrected chi connectivity index (χ3v) is 6.87. The molecule has 2 amide bonds. The summed E-state index contributed by atoms with van der Waals surface area (Å²) in [6.45, 7) is 10.9. The lowest BCUT2D eigenvalue weighted by Gasteiger charge is -2.41. The summed E-state index contributed by atoms with van der Waals surface area (Å²) >= 11 is 0. The minimum absolute atomic E-state index is 0.164. The minimum atomic E-state index is -0.279. The number of ether oxygens (including phenoxy) is 1. The van der Waals surface area contributed by atoms with Crippen molar-refractivity contribution < 1.29 is 14.3 Å². The lowest BCUT2D eigenvalue weighted by molar-refractivity contribution is -0.128. The highest BCUT2D eigenvalue weighted by atomic mass is 16.5. The van der Waals surface area contributed by atoms with Crippen molar-refractivity contribution in [2.24, 2.45) is 0 Å². The predicted molar refractivity (Wildman–Crippen MR) is 126 cm³/mol. The summed E-state index contributed by atoms with van der Waals surface area (Å²) in [7, 11) is 2.09. The summed E-state index contributed by atoms with van der Waals surface area (Å²) in [5, 5.41) is 9.33. The summed E-state index contributed by atoms with van der Waals surface area (Å²) in [6.07, 6.45) is 5.02. The fourth-order valence-electron chi connectivity index (χ4n) is 4.92. The second-order valence-electron chi connectivity index (χ2n) is 8.94.